The van der Waals surface area contributed by atoms with Crippen molar-refractivity contribution in [1.29, 1.82) is 0 Å². The molecule has 0 spiro atoms. The van der Waals surface area contributed by atoms with E-state index in [4.69, 9.17) is 0 Å². The van der Waals surface area contributed by atoms with Gasteiger partial charge in [0.15, 0.2) is 0 Å². The minimum absolute atomic E-state index is 1.17. The number of thiophene rings is 2. The molecule has 0 saturated heterocycles. The van der Waals surface area contributed by atoms with Crippen LogP contribution in [0.1, 0.15) is 0 Å². The van der Waals surface area contributed by atoms with Crippen molar-refractivity contribution in [2.75, 3.05) is 0 Å². The molecule has 4 heteroatoms. The quantitative estimate of drug-likeness (QED) is 0.252. The maximum atomic E-state index is 2.39. The topological polar surface area (TPSA) is 9.86 Å². The van der Waals surface area contributed by atoms with Crippen LogP contribution in [0.2, 0.25) is 0 Å². The fraction of sp³-hybridized carbons (Fsp3) is 0. The Balaban J connectivity index is 1.84. The molecule has 32 heavy (non-hydrogen) atoms. The monoisotopic (exact) mass is 446 g/mol. The summed E-state index contributed by atoms with van der Waals surface area (Å²) in [6.07, 6.45) is 0. The molecule has 0 aliphatic rings. The van der Waals surface area contributed by atoms with Crippen LogP contribution in [0.3, 0.4) is 0 Å². The van der Waals surface area contributed by atoms with E-state index in [0.29, 0.717) is 0 Å². The summed E-state index contributed by atoms with van der Waals surface area (Å²) in [7, 11) is 0. The van der Waals surface area contributed by atoms with Gasteiger partial charge >= 0.3 is 0 Å². The predicted molar refractivity (Wildman–Crippen MR) is 140 cm³/mol. The molecule has 4 aromatic carbocycles. The zero-order valence-corrected chi connectivity index (χ0v) is 18.7. The number of hydrogen-bond acceptors (Lipinski definition) is 2. The van der Waals surface area contributed by atoms with Crippen molar-refractivity contribution in [2.24, 2.45) is 0 Å². The smallest absolute Gasteiger partial charge is 0.0568 e. The molecule has 3 aromatic heterocycles. The van der Waals surface area contributed by atoms with Crippen molar-refractivity contribution in [3.05, 3.63) is 106 Å². The van der Waals surface area contributed by atoms with E-state index in [2.05, 4.69) is 116 Å². The van der Waals surface area contributed by atoms with Crippen molar-refractivity contribution in [1.82, 2.24) is 9.13 Å². The molecular formula is C28H18N2S2. The number of aromatic nitrogens is 2. The van der Waals surface area contributed by atoms with Crippen LogP contribution < -0.4 is 0 Å². The minimum atomic E-state index is 1.17. The van der Waals surface area contributed by atoms with E-state index >= 15 is 0 Å². The molecular weight excluding hydrogens is 428 g/mol. The van der Waals surface area contributed by atoms with Gasteiger partial charge < -0.3 is 9.13 Å². The fourth-order valence-electron chi connectivity index (χ4n) is 4.78. The first-order chi connectivity index (χ1) is 15.9. The van der Waals surface area contributed by atoms with Gasteiger partial charge in [0.1, 0.15) is 0 Å². The first-order valence-corrected chi connectivity index (χ1v) is 12.5. The Morgan fingerprint density at radius 2 is 1.00 bits per heavy atom. The molecule has 2 nitrogen and oxygen atoms in total. The minimum Gasteiger partial charge on any atom is -0.309 e. The van der Waals surface area contributed by atoms with Crippen LogP contribution in [0.4, 0.5) is 0 Å². The number of rotatable bonds is 2. The van der Waals surface area contributed by atoms with Crippen molar-refractivity contribution >= 4 is 66.3 Å². The Morgan fingerprint density at radius 1 is 0.500 bits per heavy atom. The highest BCUT2D eigenvalue weighted by Gasteiger charge is 2.11. The Labute approximate surface area is 192 Å². The van der Waals surface area contributed by atoms with Crippen LogP contribution in [-0.4, -0.2) is 9.13 Å². The van der Waals surface area contributed by atoms with E-state index in [1.54, 1.807) is 22.7 Å². The molecule has 0 atom stereocenters. The molecule has 0 fully saturated rings. The van der Waals surface area contributed by atoms with Crippen molar-refractivity contribution in [3.63, 3.8) is 0 Å². The third kappa shape index (κ3) is 2.63. The molecule has 7 aromatic rings. The highest BCUT2D eigenvalue weighted by Crippen LogP contribution is 2.32. The summed E-state index contributed by atoms with van der Waals surface area (Å²) in [6.45, 7) is 0. The lowest BCUT2D eigenvalue weighted by Crippen LogP contribution is -2.00. The van der Waals surface area contributed by atoms with Gasteiger partial charge in [-0.2, -0.15) is 22.7 Å². The first kappa shape index (κ1) is 18.0. The van der Waals surface area contributed by atoms with Gasteiger partial charge in [-0.1, -0.05) is 36.4 Å². The molecule has 0 saturated carbocycles. The van der Waals surface area contributed by atoms with Gasteiger partial charge in [-0.15, -0.1) is 0 Å². The summed E-state index contributed by atoms with van der Waals surface area (Å²) in [5, 5.41) is 13.7. The standard InChI is InChI=1S/C28H18N2S2/c1-3-19-7-9-22-15-25(19)27(5-1)29(23-11-13-31-17-23)21-10-8-20-4-2-6-28(26(20)16-21)30(22)24-12-14-32-18-24/h1-18H. The van der Waals surface area contributed by atoms with Gasteiger partial charge in [-0.25, -0.2) is 0 Å². The van der Waals surface area contributed by atoms with Gasteiger partial charge in [0, 0.05) is 32.6 Å². The summed E-state index contributed by atoms with van der Waals surface area (Å²) < 4.78 is 4.78. The zero-order valence-electron chi connectivity index (χ0n) is 17.1. The van der Waals surface area contributed by atoms with Crippen LogP contribution in [0.25, 0.3) is 55.0 Å². The second-order valence-corrected chi connectivity index (χ2v) is 9.56. The molecule has 3 heterocycles. The van der Waals surface area contributed by atoms with E-state index in [1.807, 2.05) is 0 Å². The van der Waals surface area contributed by atoms with Gasteiger partial charge in [-0.3, -0.25) is 0 Å². The van der Waals surface area contributed by atoms with Gasteiger partial charge in [0.2, 0.25) is 0 Å². The second kappa shape index (κ2) is 6.95. The molecule has 0 N–H and O–H groups in total. The van der Waals surface area contributed by atoms with E-state index in [0.717, 1.165) is 0 Å². The molecule has 0 amide bonds. The van der Waals surface area contributed by atoms with Crippen molar-refractivity contribution in [2.45, 2.75) is 0 Å². The van der Waals surface area contributed by atoms with Crippen LogP contribution in [-0.2, 0) is 0 Å². The lowest BCUT2D eigenvalue weighted by Gasteiger charge is -2.17. The van der Waals surface area contributed by atoms with Gasteiger partial charge in [0.25, 0.3) is 0 Å². The summed E-state index contributed by atoms with van der Waals surface area (Å²) in [4.78, 5) is 0. The first-order valence-electron chi connectivity index (χ1n) is 10.6. The van der Waals surface area contributed by atoms with Crippen LogP contribution in [0, 0.1) is 0 Å². The molecule has 0 aliphatic heterocycles. The Bertz CT molecular complexity index is 1630. The van der Waals surface area contributed by atoms with Gasteiger partial charge in [-0.05, 0) is 70.1 Å². The van der Waals surface area contributed by atoms with Crippen LogP contribution in [0.5, 0.6) is 0 Å². The highest BCUT2D eigenvalue weighted by atomic mass is 32.1. The van der Waals surface area contributed by atoms with E-state index in [-0.39, 0.29) is 0 Å². The molecule has 0 unspecified atom stereocenters. The maximum absolute atomic E-state index is 2.39. The van der Waals surface area contributed by atoms with Crippen molar-refractivity contribution < 1.29 is 0 Å². The SMILES string of the molecule is c1cc2ccc3cc2c(c1)n(-c1ccsc1)c1ccc2cccc(c2c1)n3-c1ccsc1. The lowest BCUT2D eigenvalue weighted by atomic mass is 10.1. The number of fused-ring (bicyclic) bond motifs is 2. The molecule has 152 valence electrons. The summed E-state index contributed by atoms with van der Waals surface area (Å²) in [6, 6.07) is 31.2. The summed E-state index contributed by atoms with van der Waals surface area (Å²) in [5.74, 6) is 0. The number of nitrogens with zero attached hydrogens (tertiary/aromatic N) is 2. The van der Waals surface area contributed by atoms with Crippen molar-refractivity contribution in [3.8, 4) is 11.4 Å². The Hall–Kier alpha value is -3.60. The number of hydrogen-bond donors (Lipinski definition) is 0. The van der Waals surface area contributed by atoms with Crippen LogP contribution >= 0.6 is 22.7 Å². The van der Waals surface area contributed by atoms with E-state index in [1.165, 1.54) is 55.0 Å². The Kier molecular flexibility index (Phi) is 3.92. The lowest BCUT2D eigenvalue weighted by molar-refractivity contribution is 1.16. The largest absolute Gasteiger partial charge is 0.309 e. The molecule has 0 aliphatic carbocycles. The normalized spacial score (nSPS) is 11.8. The molecule has 7 rings (SSSR count). The van der Waals surface area contributed by atoms with E-state index < -0.39 is 0 Å². The zero-order chi connectivity index (χ0) is 21.1. The Morgan fingerprint density at radius 3 is 1.44 bits per heavy atom. The average Bonchev–Trinajstić information content (AvgIpc) is 3.55. The van der Waals surface area contributed by atoms with Crippen LogP contribution in [0.15, 0.2) is 106 Å². The molecule has 0 radical (unpaired) electrons. The highest BCUT2D eigenvalue weighted by molar-refractivity contribution is 7.08. The predicted octanol–water partition coefficient (Wildman–Crippen LogP) is 8.57. The summed E-state index contributed by atoms with van der Waals surface area (Å²) in [5.41, 5.74) is 7.14. The second-order valence-electron chi connectivity index (χ2n) is 8.00. The van der Waals surface area contributed by atoms with E-state index in [9.17, 15) is 0 Å². The third-order valence-electron chi connectivity index (χ3n) is 6.21. The number of benzene rings is 4. The fourth-order valence-corrected chi connectivity index (χ4v) is 6.02. The average molecular weight is 447 g/mol. The molecule has 4 bridgehead atoms. The van der Waals surface area contributed by atoms with Gasteiger partial charge in [0.05, 0.1) is 22.4 Å². The maximum Gasteiger partial charge on any atom is 0.0568 e. The third-order valence-corrected chi connectivity index (χ3v) is 7.55. The summed E-state index contributed by atoms with van der Waals surface area (Å²) >= 11 is 3.46.